The molecule has 3 rings (SSSR count). The maximum atomic E-state index is 11.9. The second-order valence-electron chi connectivity index (χ2n) is 7.67. The Kier molecular flexibility index (Phi) is 5.78. The Hall–Kier alpha value is -3.15. The fourth-order valence-corrected chi connectivity index (χ4v) is 2.78. The van der Waals surface area contributed by atoms with Crippen LogP contribution in [0.3, 0.4) is 0 Å². The standard InChI is InChI=1S/C22H26N4O2/c1-22(2,3)28-21(27)23-18-13-11-17(12-14-18)20-24-19(26(4)25-20)15-10-16-8-6-5-7-9-16/h5-9,11-14H,10,15H2,1-4H3,(H,23,27). The monoisotopic (exact) mass is 378 g/mol. The largest absolute Gasteiger partial charge is 0.444 e. The maximum Gasteiger partial charge on any atom is 0.412 e. The van der Waals surface area contributed by atoms with Gasteiger partial charge in [-0.25, -0.2) is 9.78 Å². The normalized spacial score (nSPS) is 11.3. The van der Waals surface area contributed by atoms with Gasteiger partial charge in [0.05, 0.1) is 0 Å². The molecule has 2 aromatic carbocycles. The number of amides is 1. The molecule has 0 unspecified atom stereocenters. The average Bonchev–Trinajstić information content (AvgIpc) is 3.00. The molecule has 6 heteroatoms. The van der Waals surface area contributed by atoms with Gasteiger partial charge in [0.1, 0.15) is 11.4 Å². The van der Waals surface area contributed by atoms with Crippen LogP contribution in [-0.2, 0) is 24.6 Å². The third-order valence-corrected chi connectivity index (χ3v) is 4.12. The van der Waals surface area contributed by atoms with Crippen LogP contribution in [0.2, 0.25) is 0 Å². The van der Waals surface area contributed by atoms with Crippen molar-refractivity contribution in [2.75, 3.05) is 5.32 Å². The first-order valence-electron chi connectivity index (χ1n) is 9.34. The number of hydrogen-bond acceptors (Lipinski definition) is 4. The Labute approximate surface area is 165 Å². The van der Waals surface area contributed by atoms with Crippen LogP contribution in [0.1, 0.15) is 32.2 Å². The molecule has 6 nitrogen and oxygen atoms in total. The smallest absolute Gasteiger partial charge is 0.412 e. The van der Waals surface area contributed by atoms with Gasteiger partial charge < -0.3 is 4.74 Å². The summed E-state index contributed by atoms with van der Waals surface area (Å²) in [6.07, 6.45) is 1.27. The zero-order chi connectivity index (χ0) is 20.1. The number of ether oxygens (including phenoxy) is 1. The van der Waals surface area contributed by atoms with Gasteiger partial charge in [-0.2, -0.15) is 5.10 Å². The number of carbonyl (C=O) groups excluding carboxylic acids is 1. The summed E-state index contributed by atoms with van der Waals surface area (Å²) in [7, 11) is 1.91. The van der Waals surface area contributed by atoms with Crippen LogP contribution in [0.25, 0.3) is 11.4 Å². The summed E-state index contributed by atoms with van der Waals surface area (Å²) < 4.78 is 7.09. The van der Waals surface area contributed by atoms with Crippen LogP contribution in [0, 0.1) is 0 Å². The molecule has 146 valence electrons. The van der Waals surface area contributed by atoms with Crippen molar-refractivity contribution in [2.24, 2.45) is 7.05 Å². The number of hydrogen-bond donors (Lipinski definition) is 1. The number of rotatable bonds is 5. The van der Waals surface area contributed by atoms with E-state index >= 15 is 0 Å². The molecule has 0 fully saturated rings. The van der Waals surface area contributed by atoms with Crippen molar-refractivity contribution >= 4 is 11.8 Å². The minimum absolute atomic E-state index is 0.473. The van der Waals surface area contributed by atoms with E-state index < -0.39 is 11.7 Å². The minimum atomic E-state index is -0.530. The van der Waals surface area contributed by atoms with Gasteiger partial charge in [0.25, 0.3) is 0 Å². The van der Waals surface area contributed by atoms with Gasteiger partial charge in [-0.15, -0.1) is 0 Å². The van der Waals surface area contributed by atoms with Gasteiger partial charge in [0.2, 0.25) is 0 Å². The highest BCUT2D eigenvalue weighted by Crippen LogP contribution is 2.20. The van der Waals surface area contributed by atoms with Crippen molar-refractivity contribution in [3.05, 3.63) is 66.0 Å². The van der Waals surface area contributed by atoms with Gasteiger partial charge in [0.15, 0.2) is 5.82 Å². The fraction of sp³-hybridized carbons (Fsp3) is 0.318. The molecule has 1 amide bonds. The quantitative estimate of drug-likeness (QED) is 0.704. The Morgan fingerprint density at radius 3 is 2.36 bits per heavy atom. The second kappa shape index (κ2) is 8.25. The molecule has 0 bridgehead atoms. The van der Waals surface area contributed by atoms with E-state index in [1.807, 2.05) is 75.0 Å². The molecule has 0 aliphatic heterocycles. The minimum Gasteiger partial charge on any atom is -0.444 e. The van der Waals surface area contributed by atoms with Gasteiger partial charge in [-0.3, -0.25) is 10.00 Å². The molecule has 0 atom stereocenters. The molecule has 0 spiro atoms. The number of carbonyl (C=O) groups is 1. The van der Waals surface area contributed by atoms with Crippen molar-refractivity contribution in [1.29, 1.82) is 0 Å². The first kappa shape index (κ1) is 19.6. The van der Waals surface area contributed by atoms with E-state index in [1.54, 1.807) is 0 Å². The Morgan fingerprint density at radius 2 is 1.71 bits per heavy atom. The Bertz CT molecular complexity index is 925. The zero-order valence-electron chi connectivity index (χ0n) is 16.8. The highest BCUT2D eigenvalue weighted by atomic mass is 16.6. The summed E-state index contributed by atoms with van der Waals surface area (Å²) in [6.45, 7) is 5.49. The lowest BCUT2D eigenvalue weighted by Crippen LogP contribution is -2.27. The number of aromatic nitrogens is 3. The summed E-state index contributed by atoms with van der Waals surface area (Å²) in [4.78, 5) is 16.5. The van der Waals surface area contributed by atoms with Crippen molar-refractivity contribution in [3.8, 4) is 11.4 Å². The van der Waals surface area contributed by atoms with Crippen LogP contribution in [0.4, 0.5) is 10.5 Å². The number of aryl methyl sites for hydroxylation is 3. The number of anilines is 1. The predicted molar refractivity (Wildman–Crippen MR) is 110 cm³/mol. The Morgan fingerprint density at radius 1 is 1.04 bits per heavy atom. The highest BCUT2D eigenvalue weighted by Gasteiger charge is 2.16. The van der Waals surface area contributed by atoms with Crippen LogP contribution >= 0.6 is 0 Å². The van der Waals surface area contributed by atoms with Crippen LogP contribution in [0.15, 0.2) is 54.6 Å². The third-order valence-electron chi connectivity index (χ3n) is 4.12. The van der Waals surface area contributed by atoms with Gasteiger partial charge in [-0.05, 0) is 57.0 Å². The number of nitrogens with zero attached hydrogens (tertiary/aromatic N) is 3. The lowest BCUT2D eigenvalue weighted by atomic mass is 10.1. The summed E-state index contributed by atoms with van der Waals surface area (Å²) >= 11 is 0. The van der Waals surface area contributed by atoms with Crippen molar-refractivity contribution < 1.29 is 9.53 Å². The van der Waals surface area contributed by atoms with Gasteiger partial charge in [0, 0.05) is 24.7 Å². The van der Waals surface area contributed by atoms with E-state index in [1.165, 1.54) is 5.56 Å². The van der Waals surface area contributed by atoms with Crippen LogP contribution in [0.5, 0.6) is 0 Å². The molecule has 28 heavy (non-hydrogen) atoms. The first-order valence-corrected chi connectivity index (χ1v) is 9.34. The lowest BCUT2D eigenvalue weighted by Gasteiger charge is -2.19. The van der Waals surface area contributed by atoms with Crippen LogP contribution < -0.4 is 5.32 Å². The molecule has 1 aromatic heterocycles. The zero-order valence-corrected chi connectivity index (χ0v) is 16.8. The topological polar surface area (TPSA) is 69.0 Å². The summed E-state index contributed by atoms with van der Waals surface area (Å²) in [5.74, 6) is 1.61. The fourth-order valence-electron chi connectivity index (χ4n) is 2.78. The van der Waals surface area contributed by atoms with Crippen molar-refractivity contribution in [1.82, 2.24) is 14.8 Å². The van der Waals surface area contributed by atoms with E-state index in [2.05, 4.69) is 27.5 Å². The molecule has 0 aliphatic carbocycles. The maximum absolute atomic E-state index is 11.9. The molecule has 3 aromatic rings. The van der Waals surface area contributed by atoms with E-state index in [9.17, 15) is 4.79 Å². The third kappa shape index (κ3) is 5.42. The second-order valence-corrected chi connectivity index (χ2v) is 7.67. The number of benzene rings is 2. The lowest BCUT2D eigenvalue weighted by molar-refractivity contribution is 0.0636. The van der Waals surface area contributed by atoms with E-state index in [0.717, 1.165) is 24.2 Å². The van der Waals surface area contributed by atoms with Gasteiger partial charge in [-0.1, -0.05) is 30.3 Å². The molecule has 1 N–H and O–H groups in total. The van der Waals surface area contributed by atoms with Crippen molar-refractivity contribution in [2.45, 2.75) is 39.2 Å². The van der Waals surface area contributed by atoms with E-state index in [0.29, 0.717) is 11.5 Å². The van der Waals surface area contributed by atoms with E-state index in [4.69, 9.17) is 4.74 Å². The molecular weight excluding hydrogens is 352 g/mol. The molecular formula is C22H26N4O2. The molecule has 1 heterocycles. The SMILES string of the molecule is Cn1nc(-c2ccc(NC(=O)OC(C)(C)C)cc2)nc1CCc1ccccc1. The summed E-state index contributed by atoms with van der Waals surface area (Å²) in [5.41, 5.74) is 2.32. The first-order chi connectivity index (χ1) is 13.3. The average molecular weight is 378 g/mol. The summed E-state index contributed by atoms with van der Waals surface area (Å²) in [6, 6.07) is 17.8. The summed E-state index contributed by atoms with van der Waals surface area (Å²) in [5, 5.41) is 7.25. The molecule has 0 aliphatic rings. The van der Waals surface area contributed by atoms with Crippen molar-refractivity contribution in [3.63, 3.8) is 0 Å². The number of nitrogens with one attached hydrogen (secondary N) is 1. The van der Waals surface area contributed by atoms with Crippen LogP contribution in [-0.4, -0.2) is 26.5 Å². The molecule has 0 saturated heterocycles. The van der Waals surface area contributed by atoms with Gasteiger partial charge >= 0.3 is 6.09 Å². The Balaban J connectivity index is 1.64. The molecule has 0 saturated carbocycles. The predicted octanol–water partition coefficient (Wildman–Crippen LogP) is 4.61. The van der Waals surface area contributed by atoms with E-state index in [-0.39, 0.29) is 0 Å². The molecule has 0 radical (unpaired) electrons. The highest BCUT2D eigenvalue weighted by molar-refractivity contribution is 5.85.